The molecule has 0 aliphatic carbocycles. The van der Waals surface area contributed by atoms with Gasteiger partial charge in [0.2, 0.25) is 0 Å². The van der Waals surface area contributed by atoms with E-state index in [1.807, 2.05) is 43.3 Å². The smallest absolute Gasteiger partial charge is 0.255 e. The zero-order valence-corrected chi connectivity index (χ0v) is 13.0. The van der Waals surface area contributed by atoms with Crippen LogP contribution >= 0.6 is 0 Å². The highest BCUT2D eigenvalue weighted by Crippen LogP contribution is 2.18. The standard InChI is InChI=1S/C18H21NO3/c1-14-7-9-15(10-8-14)13-19-18(20)16-5-3-4-6-17(16)22-12-11-21-2/h3-10H,11-13H2,1-2H3,(H,19,20). The van der Waals surface area contributed by atoms with Crippen LogP contribution in [0.3, 0.4) is 0 Å². The molecule has 0 saturated carbocycles. The second kappa shape index (κ2) is 8.20. The Morgan fingerprint density at radius 2 is 1.77 bits per heavy atom. The first-order valence-electron chi connectivity index (χ1n) is 7.25. The van der Waals surface area contributed by atoms with Crippen LogP contribution < -0.4 is 10.1 Å². The zero-order valence-electron chi connectivity index (χ0n) is 13.0. The number of carbonyl (C=O) groups excluding carboxylic acids is 1. The number of benzene rings is 2. The van der Waals surface area contributed by atoms with Gasteiger partial charge in [-0.15, -0.1) is 0 Å². The van der Waals surface area contributed by atoms with Gasteiger partial charge in [0.25, 0.3) is 5.91 Å². The van der Waals surface area contributed by atoms with Crippen LogP contribution in [-0.4, -0.2) is 26.2 Å². The SMILES string of the molecule is COCCOc1ccccc1C(=O)NCc1ccc(C)cc1. The monoisotopic (exact) mass is 299 g/mol. The third-order valence-corrected chi connectivity index (χ3v) is 3.25. The van der Waals surface area contributed by atoms with E-state index in [0.717, 1.165) is 5.56 Å². The Balaban J connectivity index is 1.98. The molecule has 0 fully saturated rings. The Hall–Kier alpha value is -2.33. The van der Waals surface area contributed by atoms with Crippen LogP contribution in [0, 0.1) is 6.92 Å². The van der Waals surface area contributed by atoms with E-state index in [4.69, 9.17) is 9.47 Å². The van der Waals surface area contributed by atoms with Crippen molar-refractivity contribution in [2.75, 3.05) is 20.3 Å². The Kier molecular flexibility index (Phi) is 5.98. The summed E-state index contributed by atoms with van der Waals surface area (Å²) in [4.78, 5) is 12.3. The molecule has 0 unspecified atom stereocenters. The predicted octanol–water partition coefficient (Wildman–Crippen LogP) is 2.95. The van der Waals surface area contributed by atoms with E-state index >= 15 is 0 Å². The minimum Gasteiger partial charge on any atom is -0.490 e. The molecule has 116 valence electrons. The van der Waals surface area contributed by atoms with Crippen LogP contribution in [0.2, 0.25) is 0 Å². The Morgan fingerprint density at radius 1 is 1.05 bits per heavy atom. The van der Waals surface area contributed by atoms with E-state index in [-0.39, 0.29) is 5.91 Å². The summed E-state index contributed by atoms with van der Waals surface area (Å²) in [6, 6.07) is 15.3. The van der Waals surface area contributed by atoms with Gasteiger partial charge in [-0.2, -0.15) is 0 Å². The lowest BCUT2D eigenvalue weighted by Crippen LogP contribution is -2.23. The lowest BCUT2D eigenvalue weighted by Gasteiger charge is -2.11. The summed E-state index contributed by atoms with van der Waals surface area (Å²) in [6.45, 7) is 3.43. The molecule has 4 heteroatoms. The number of nitrogens with one attached hydrogen (secondary N) is 1. The number of carbonyl (C=O) groups is 1. The highest BCUT2D eigenvalue weighted by molar-refractivity contribution is 5.96. The number of para-hydroxylation sites is 1. The molecule has 0 bridgehead atoms. The van der Waals surface area contributed by atoms with Gasteiger partial charge in [0, 0.05) is 13.7 Å². The number of methoxy groups -OCH3 is 1. The number of hydrogen-bond donors (Lipinski definition) is 1. The number of hydrogen-bond acceptors (Lipinski definition) is 3. The molecule has 0 heterocycles. The van der Waals surface area contributed by atoms with E-state index in [1.54, 1.807) is 19.2 Å². The van der Waals surface area contributed by atoms with Crippen molar-refractivity contribution in [3.05, 3.63) is 65.2 Å². The summed E-state index contributed by atoms with van der Waals surface area (Å²) in [6.07, 6.45) is 0. The Bertz CT molecular complexity index is 608. The first-order chi connectivity index (χ1) is 10.7. The van der Waals surface area contributed by atoms with E-state index in [0.29, 0.717) is 31.1 Å². The third kappa shape index (κ3) is 4.60. The van der Waals surface area contributed by atoms with Gasteiger partial charge in [-0.05, 0) is 24.6 Å². The largest absolute Gasteiger partial charge is 0.490 e. The maximum Gasteiger partial charge on any atom is 0.255 e. The normalized spacial score (nSPS) is 10.3. The first-order valence-corrected chi connectivity index (χ1v) is 7.25. The maximum atomic E-state index is 12.3. The molecule has 0 atom stereocenters. The van der Waals surface area contributed by atoms with Gasteiger partial charge in [0.05, 0.1) is 12.2 Å². The predicted molar refractivity (Wildman–Crippen MR) is 86.2 cm³/mol. The molecule has 1 amide bonds. The lowest BCUT2D eigenvalue weighted by atomic mass is 10.1. The molecule has 0 radical (unpaired) electrons. The second-order valence-electron chi connectivity index (χ2n) is 5.01. The highest BCUT2D eigenvalue weighted by Gasteiger charge is 2.11. The summed E-state index contributed by atoms with van der Waals surface area (Å²) in [5.74, 6) is 0.426. The molecule has 1 N–H and O–H groups in total. The summed E-state index contributed by atoms with van der Waals surface area (Å²) >= 11 is 0. The van der Waals surface area contributed by atoms with Crippen LogP contribution in [0.5, 0.6) is 5.75 Å². The highest BCUT2D eigenvalue weighted by atomic mass is 16.5. The quantitative estimate of drug-likeness (QED) is 0.800. The van der Waals surface area contributed by atoms with Crippen LogP contribution in [0.1, 0.15) is 21.5 Å². The van der Waals surface area contributed by atoms with Gasteiger partial charge < -0.3 is 14.8 Å². The molecular formula is C18H21NO3. The Labute approximate surface area is 131 Å². The molecule has 2 aromatic rings. The van der Waals surface area contributed by atoms with E-state index in [9.17, 15) is 4.79 Å². The molecule has 0 aliphatic rings. The van der Waals surface area contributed by atoms with Gasteiger partial charge in [0.15, 0.2) is 0 Å². The van der Waals surface area contributed by atoms with Crippen molar-refractivity contribution >= 4 is 5.91 Å². The van der Waals surface area contributed by atoms with Gasteiger partial charge in [0.1, 0.15) is 12.4 Å². The number of amides is 1. The van der Waals surface area contributed by atoms with Crippen LogP contribution in [0.4, 0.5) is 0 Å². The molecule has 22 heavy (non-hydrogen) atoms. The number of aryl methyl sites for hydroxylation is 1. The van der Waals surface area contributed by atoms with Crippen molar-refractivity contribution in [3.63, 3.8) is 0 Å². The van der Waals surface area contributed by atoms with E-state index < -0.39 is 0 Å². The van der Waals surface area contributed by atoms with E-state index in [2.05, 4.69) is 5.32 Å². The zero-order chi connectivity index (χ0) is 15.8. The number of ether oxygens (including phenoxy) is 2. The maximum absolute atomic E-state index is 12.3. The van der Waals surface area contributed by atoms with Gasteiger partial charge in [-0.3, -0.25) is 4.79 Å². The average Bonchev–Trinajstić information content (AvgIpc) is 2.55. The molecular weight excluding hydrogens is 278 g/mol. The Morgan fingerprint density at radius 3 is 2.50 bits per heavy atom. The molecule has 0 aromatic heterocycles. The average molecular weight is 299 g/mol. The van der Waals surface area contributed by atoms with Crippen molar-refractivity contribution in [2.24, 2.45) is 0 Å². The van der Waals surface area contributed by atoms with Crippen molar-refractivity contribution < 1.29 is 14.3 Å². The van der Waals surface area contributed by atoms with Crippen molar-refractivity contribution in [1.82, 2.24) is 5.32 Å². The van der Waals surface area contributed by atoms with Crippen LogP contribution in [-0.2, 0) is 11.3 Å². The minimum atomic E-state index is -0.145. The summed E-state index contributed by atoms with van der Waals surface area (Å²) in [7, 11) is 1.61. The third-order valence-electron chi connectivity index (χ3n) is 3.25. The van der Waals surface area contributed by atoms with Crippen molar-refractivity contribution in [2.45, 2.75) is 13.5 Å². The van der Waals surface area contributed by atoms with E-state index in [1.165, 1.54) is 5.56 Å². The fourth-order valence-corrected chi connectivity index (χ4v) is 2.00. The molecule has 0 aliphatic heterocycles. The topological polar surface area (TPSA) is 47.6 Å². The van der Waals surface area contributed by atoms with Crippen LogP contribution in [0.25, 0.3) is 0 Å². The molecule has 0 saturated heterocycles. The molecule has 2 aromatic carbocycles. The lowest BCUT2D eigenvalue weighted by molar-refractivity contribution is 0.0943. The van der Waals surface area contributed by atoms with Crippen LogP contribution in [0.15, 0.2) is 48.5 Å². The van der Waals surface area contributed by atoms with Gasteiger partial charge in [-0.25, -0.2) is 0 Å². The molecule has 2 rings (SSSR count). The second-order valence-corrected chi connectivity index (χ2v) is 5.01. The van der Waals surface area contributed by atoms with Gasteiger partial charge >= 0.3 is 0 Å². The summed E-state index contributed by atoms with van der Waals surface area (Å²) in [5, 5.41) is 2.92. The summed E-state index contributed by atoms with van der Waals surface area (Å²) in [5.41, 5.74) is 2.80. The van der Waals surface area contributed by atoms with Crippen molar-refractivity contribution in [1.29, 1.82) is 0 Å². The minimum absolute atomic E-state index is 0.145. The summed E-state index contributed by atoms with van der Waals surface area (Å²) < 4.78 is 10.5. The van der Waals surface area contributed by atoms with Gasteiger partial charge in [-0.1, -0.05) is 42.0 Å². The van der Waals surface area contributed by atoms with Crippen molar-refractivity contribution in [3.8, 4) is 5.75 Å². The first kappa shape index (κ1) is 16.0. The fraction of sp³-hybridized carbons (Fsp3) is 0.278. The molecule has 0 spiro atoms. The number of rotatable bonds is 7. The fourth-order valence-electron chi connectivity index (χ4n) is 2.00. The molecule has 4 nitrogen and oxygen atoms in total.